The van der Waals surface area contributed by atoms with Crippen LogP contribution in [0.25, 0.3) is 0 Å². The predicted octanol–water partition coefficient (Wildman–Crippen LogP) is 21.4. The Labute approximate surface area is 404 Å². The van der Waals surface area contributed by atoms with Gasteiger partial charge in [-0.25, -0.2) is 0 Å². The molecular weight excluding hydrogens is 785 g/mol. The predicted molar refractivity (Wildman–Crippen MR) is 285 cm³/mol. The quantitative estimate of drug-likeness (QED) is 0.0451. The smallest absolute Gasteiger partial charge is 0.306 e. The number of esters is 2. The van der Waals surface area contributed by atoms with Gasteiger partial charge in [-0.2, -0.15) is 0 Å². The van der Waals surface area contributed by atoms with Crippen molar-refractivity contribution >= 4 is 11.9 Å². The van der Waals surface area contributed by atoms with Crippen molar-refractivity contribution in [3.8, 4) is 0 Å². The Hall–Kier alpha value is -1.06. The Morgan fingerprint density at radius 1 is 0.266 bits per heavy atom. The topological polar surface area (TPSA) is 52.6 Å². The fraction of sp³-hybridized carbons (Fsp3) is 0.967. The van der Waals surface area contributed by atoms with Crippen LogP contribution < -0.4 is 0 Å². The Balaban J connectivity index is 0. The molecule has 0 aliphatic carbocycles. The second-order valence-electron chi connectivity index (χ2n) is 20.3. The van der Waals surface area contributed by atoms with Gasteiger partial charge in [-0.15, -0.1) is 0 Å². The molecule has 0 spiro atoms. The van der Waals surface area contributed by atoms with Crippen molar-refractivity contribution in [3.63, 3.8) is 0 Å². The van der Waals surface area contributed by atoms with Crippen LogP contribution in [-0.4, -0.2) is 24.6 Å². The van der Waals surface area contributed by atoms with E-state index in [1.54, 1.807) is 0 Å². The third-order valence-electron chi connectivity index (χ3n) is 13.5. The van der Waals surface area contributed by atoms with Crippen LogP contribution in [0, 0.1) is 0 Å². The summed E-state index contributed by atoms with van der Waals surface area (Å²) in [6, 6.07) is 0. The van der Waals surface area contributed by atoms with Gasteiger partial charge in [-0.3, -0.25) is 9.59 Å². The lowest BCUT2D eigenvalue weighted by molar-refractivity contribution is -0.150. The molecule has 1 unspecified atom stereocenters. The highest BCUT2D eigenvalue weighted by atomic mass is 16.5. The fourth-order valence-corrected chi connectivity index (χ4v) is 9.06. The molecule has 0 amide bonds. The Morgan fingerprint density at radius 3 is 0.766 bits per heavy atom. The summed E-state index contributed by atoms with van der Waals surface area (Å²) < 4.78 is 11.3. The number of carbonyl (C=O) groups excluding carboxylic acids is 2. The van der Waals surface area contributed by atoms with E-state index in [2.05, 4.69) is 34.6 Å². The molecule has 0 radical (unpaired) electrons. The van der Waals surface area contributed by atoms with Crippen LogP contribution in [0.1, 0.15) is 362 Å². The molecule has 0 fully saturated rings. The highest BCUT2D eigenvalue weighted by molar-refractivity contribution is 5.69. The zero-order chi connectivity index (χ0) is 46.9. The molecule has 0 heterocycles. The van der Waals surface area contributed by atoms with Crippen molar-refractivity contribution in [2.75, 3.05) is 6.61 Å². The molecule has 0 aromatic carbocycles. The summed E-state index contributed by atoms with van der Waals surface area (Å²) in [5.41, 5.74) is 0. The van der Waals surface area contributed by atoms with E-state index in [1.165, 1.54) is 283 Å². The molecule has 0 saturated heterocycles. The van der Waals surface area contributed by atoms with Crippen molar-refractivity contribution in [1.29, 1.82) is 0 Å². The van der Waals surface area contributed by atoms with E-state index in [9.17, 15) is 9.59 Å². The highest BCUT2D eigenvalue weighted by Crippen LogP contribution is 2.20. The Morgan fingerprint density at radius 2 is 0.484 bits per heavy atom. The molecule has 0 aliphatic heterocycles. The van der Waals surface area contributed by atoms with Crippen molar-refractivity contribution in [2.45, 2.75) is 368 Å². The van der Waals surface area contributed by atoms with Gasteiger partial charge in [0.05, 0.1) is 6.61 Å². The van der Waals surface area contributed by atoms with Crippen LogP contribution in [0.4, 0.5) is 0 Å². The molecule has 1 atom stereocenters. The highest BCUT2D eigenvalue weighted by Gasteiger charge is 2.14. The van der Waals surface area contributed by atoms with E-state index >= 15 is 0 Å². The summed E-state index contributed by atoms with van der Waals surface area (Å²) in [6.07, 6.45) is 66.1. The van der Waals surface area contributed by atoms with Crippen LogP contribution >= 0.6 is 0 Å². The maximum absolute atomic E-state index is 12.6. The third-order valence-corrected chi connectivity index (χ3v) is 13.5. The molecule has 4 nitrogen and oxygen atoms in total. The van der Waals surface area contributed by atoms with E-state index in [4.69, 9.17) is 9.47 Å². The standard InChI is InChI=1S/C36H72O2.C24H48O2/c1-4-7-10-13-16-18-19-20-21-23-25-28-31-34-36(37)38-35(32-29-26-15-12-9-6-3)33-30-27-24-22-17-14-11-8-5-2;1-3-5-7-9-10-11-12-13-14-15-16-17-19-21-23-26-24(25)22-20-18-8-6-4-2/h35H,4-34H2,1-3H3;3-23H2,1-2H3. The summed E-state index contributed by atoms with van der Waals surface area (Å²) in [5, 5.41) is 0. The fourth-order valence-electron chi connectivity index (χ4n) is 9.06. The molecule has 64 heavy (non-hydrogen) atoms. The zero-order valence-electron chi connectivity index (χ0n) is 45.0. The molecule has 4 heteroatoms. The van der Waals surface area contributed by atoms with Gasteiger partial charge in [0.25, 0.3) is 0 Å². The second kappa shape index (κ2) is 60.0. The molecule has 0 aromatic heterocycles. The van der Waals surface area contributed by atoms with Crippen molar-refractivity contribution in [2.24, 2.45) is 0 Å². The van der Waals surface area contributed by atoms with Crippen molar-refractivity contribution in [1.82, 2.24) is 0 Å². The second-order valence-corrected chi connectivity index (χ2v) is 20.3. The number of unbranched alkanes of at least 4 members (excludes halogenated alkanes) is 42. The number of hydrogen-bond donors (Lipinski definition) is 0. The SMILES string of the molecule is CCCCCCCCCCCCCCCC(=O)OC(CCCCCCCC)CCCCCCCCCCC.CCCCCCCCCCCCCCCCOC(=O)CCCCCCC. The molecule has 384 valence electrons. The summed E-state index contributed by atoms with van der Waals surface area (Å²) >= 11 is 0. The minimum atomic E-state index is 0.0104. The molecular formula is C60H120O4. The average molecular weight is 906 g/mol. The lowest BCUT2D eigenvalue weighted by atomic mass is 10.0. The van der Waals surface area contributed by atoms with Gasteiger partial charge in [0.15, 0.2) is 0 Å². The average Bonchev–Trinajstić information content (AvgIpc) is 3.29. The van der Waals surface area contributed by atoms with Gasteiger partial charge in [-0.05, 0) is 44.9 Å². The largest absolute Gasteiger partial charge is 0.466 e. The minimum absolute atomic E-state index is 0.0104. The molecule has 0 bridgehead atoms. The lowest BCUT2D eigenvalue weighted by Gasteiger charge is -2.18. The summed E-state index contributed by atoms with van der Waals surface area (Å²) in [6.45, 7) is 12.0. The number of rotatable bonds is 53. The first-order chi connectivity index (χ1) is 31.5. The van der Waals surface area contributed by atoms with Gasteiger partial charge >= 0.3 is 11.9 Å². The van der Waals surface area contributed by atoms with E-state index in [0.29, 0.717) is 19.4 Å². The van der Waals surface area contributed by atoms with E-state index in [1.807, 2.05) is 0 Å². The number of hydrogen-bond acceptors (Lipinski definition) is 4. The molecule has 0 aromatic rings. The monoisotopic (exact) mass is 905 g/mol. The first-order valence-electron chi connectivity index (χ1n) is 29.9. The van der Waals surface area contributed by atoms with Crippen LogP contribution in [0.3, 0.4) is 0 Å². The number of ether oxygens (including phenoxy) is 2. The van der Waals surface area contributed by atoms with E-state index in [-0.39, 0.29) is 18.0 Å². The van der Waals surface area contributed by atoms with Crippen LogP contribution in [0.2, 0.25) is 0 Å². The van der Waals surface area contributed by atoms with Gasteiger partial charge < -0.3 is 9.47 Å². The van der Waals surface area contributed by atoms with Gasteiger partial charge in [0.2, 0.25) is 0 Å². The first-order valence-corrected chi connectivity index (χ1v) is 29.9. The van der Waals surface area contributed by atoms with Crippen LogP contribution in [0.5, 0.6) is 0 Å². The number of carbonyl (C=O) groups is 2. The Kier molecular flexibility index (Phi) is 60.9. The molecule has 0 N–H and O–H groups in total. The zero-order valence-corrected chi connectivity index (χ0v) is 45.0. The maximum atomic E-state index is 12.6. The van der Waals surface area contributed by atoms with Crippen molar-refractivity contribution < 1.29 is 19.1 Å². The van der Waals surface area contributed by atoms with Gasteiger partial charge in [-0.1, -0.05) is 304 Å². The van der Waals surface area contributed by atoms with E-state index < -0.39 is 0 Å². The summed E-state index contributed by atoms with van der Waals surface area (Å²) in [5.74, 6) is 0.0798. The normalized spacial score (nSPS) is 11.7. The summed E-state index contributed by atoms with van der Waals surface area (Å²) in [4.78, 5) is 24.2. The van der Waals surface area contributed by atoms with Crippen LogP contribution in [0.15, 0.2) is 0 Å². The first kappa shape index (κ1) is 65.0. The van der Waals surface area contributed by atoms with Gasteiger partial charge in [0, 0.05) is 12.8 Å². The maximum Gasteiger partial charge on any atom is 0.306 e. The van der Waals surface area contributed by atoms with Gasteiger partial charge in [0.1, 0.15) is 6.10 Å². The van der Waals surface area contributed by atoms with Crippen LogP contribution in [-0.2, 0) is 19.1 Å². The molecule has 0 saturated carbocycles. The third kappa shape index (κ3) is 59.0. The molecule has 0 rings (SSSR count). The minimum Gasteiger partial charge on any atom is -0.466 e. The van der Waals surface area contributed by atoms with Crippen molar-refractivity contribution in [3.05, 3.63) is 0 Å². The van der Waals surface area contributed by atoms with E-state index in [0.717, 1.165) is 32.1 Å². The Bertz CT molecular complexity index is 857. The summed E-state index contributed by atoms with van der Waals surface area (Å²) in [7, 11) is 0. The lowest BCUT2D eigenvalue weighted by Crippen LogP contribution is -2.18. The molecule has 0 aliphatic rings.